The Morgan fingerprint density at radius 1 is 1.09 bits per heavy atom. The maximum Gasteiger partial charge on any atom is 0.330 e. The molecule has 0 aromatic heterocycles. The fraction of sp³-hybridized carbons (Fsp3) is 0.500. The first-order valence-electron chi connectivity index (χ1n) is 10.9. The molecule has 7 nitrogen and oxygen atoms in total. The predicted octanol–water partition coefficient (Wildman–Crippen LogP) is 3.38. The van der Waals surface area contributed by atoms with Crippen molar-refractivity contribution in [3.63, 3.8) is 0 Å². The Morgan fingerprint density at radius 2 is 1.69 bits per heavy atom. The number of carbonyl (C=O) groups excluding carboxylic acids is 4. The lowest BCUT2D eigenvalue weighted by molar-refractivity contribution is -0.162. The predicted molar refractivity (Wildman–Crippen MR) is 121 cm³/mol. The van der Waals surface area contributed by atoms with Crippen molar-refractivity contribution in [3.05, 3.63) is 39.9 Å². The van der Waals surface area contributed by atoms with Gasteiger partial charge in [-0.25, -0.2) is 4.79 Å². The number of nitrogens with zero attached hydrogens (tertiary/aromatic N) is 1. The highest BCUT2D eigenvalue weighted by Gasteiger charge is 2.61. The van der Waals surface area contributed by atoms with E-state index in [1.165, 1.54) is 0 Å². The molecule has 1 aromatic carbocycles. The molecule has 0 spiro atoms. The van der Waals surface area contributed by atoms with Gasteiger partial charge < -0.3 is 10.1 Å². The van der Waals surface area contributed by atoms with Crippen LogP contribution >= 0.6 is 15.9 Å². The van der Waals surface area contributed by atoms with Crippen LogP contribution in [0.1, 0.15) is 31.4 Å². The number of ether oxygens (including phenoxy) is 1. The Labute approximate surface area is 195 Å². The number of amides is 3. The van der Waals surface area contributed by atoms with Gasteiger partial charge >= 0.3 is 5.97 Å². The fourth-order valence-corrected chi connectivity index (χ4v) is 5.64. The molecule has 2 bridgehead atoms. The van der Waals surface area contributed by atoms with Crippen molar-refractivity contribution < 1.29 is 23.9 Å². The van der Waals surface area contributed by atoms with Crippen LogP contribution < -0.4 is 5.32 Å². The monoisotopic (exact) mass is 502 g/mol. The van der Waals surface area contributed by atoms with E-state index in [0.717, 1.165) is 26.9 Å². The summed E-state index contributed by atoms with van der Waals surface area (Å²) in [6.45, 7) is 6.86. The van der Waals surface area contributed by atoms with Crippen molar-refractivity contribution in [1.82, 2.24) is 4.90 Å². The lowest BCUT2D eigenvalue weighted by Gasteiger charge is -2.28. The minimum atomic E-state index is -1.04. The van der Waals surface area contributed by atoms with Gasteiger partial charge in [0.15, 0.2) is 6.61 Å². The molecule has 1 aromatic rings. The van der Waals surface area contributed by atoms with Crippen molar-refractivity contribution in [3.8, 4) is 0 Å². The zero-order valence-corrected chi connectivity index (χ0v) is 20.1. The summed E-state index contributed by atoms with van der Waals surface area (Å²) < 4.78 is 6.21. The largest absolute Gasteiger partial charge is 0.454 e. The van der Waals surface area contributed by atoms with Gasteiger partial charge in [-0.2, -0.15) is 0 Å². The third-order valence-corrected chi connectivity index (χ3v) is 7.86. The number of rotatable bonds is 6. The smallest absolute Gasteiger partial charge is 0.330 e. The van der Waals surface area contributed by atoms with Crippen molar-refractivity contribution >= 4 is 45.3 Å². The van der Waals surface area contributed by atoms with Crippen molar-refractivity contribution in [2.75, 3.05) is 11.9 Å². The van der Waals surface area contributed by atoms with Crippen LogP contribution in [0.25, 0.3) is 0 Å². The van der Waals surface area contributed by atoms with E-state index >= 15 is 0 Å². The number of allylic oxidation sites excluding steroid dienone is 2. The van der Waals surface area contributed by atoms with E-state index in [1.807, 2.05) is 32.1 Å². The number of anilines is 1. The summed E-state index contributed by atoms with van der Waals surface area (Å²) in [4.78, 5) is 52.6. The highest BCUT2D eigenvalue weighted by molar-refractivity contribution is 9.10. The van der Waals surface area contributed by atoms with E-state index < -0.39 is 24.5 Å². The molecule has 3 amide bonds. The first-order valence-corrected chi connectivity index (χ1v) is 11.7. The van der Waals surface area contributed by atoms with E-state index in [9.17, 15) is 19.2 Å². The van der Waals surface area contributed by atoms with E-state index in [2.05, 4.69) is 21.2 Å². The highest BCUT2D eigenvalue weighted by atomic mass is 79.9. The van der Waals surface area contributed by atoms with Gasteiger partial charge in [0.25, 0.3) is 5.91 Å². The summed E-state index contributed by atoms with van der Waals surface area (Å²) in [6, 6.07) is 2.57. The van der Waals surface area contributed by atoms with Gasteiger partial charge in [0.1, 0.15) is 6.04 Å². The highest BCUT2D eigenvalue weighted by Crippen LogP contribution is 2.53. The maximum absolute atomic E-state index is 13.1. The number of hydrogen-bond acceptors (Lipinski definition) is 5. The minimum absolute atomic E-state index is 0.0682. The Bertz CT molecular complexity index is 1000. The molecule has 2 aliphatic carbocycles. The van der Waals surface area contributed by atoms with Crippen LogP contribution in [0.5, 0.6) is 0 Å². The van der Waals surface area contributed by atoms with Gasteiger partial charge in [-0.1, -0.05) is 41.9 Å². The number of benzene rings is 1. The molecule has 1 saturated carbocycles. The second-order valence-corrected chi connectivity index (χ2v) is 10.1. The van der Waals surface area contributed by atoms with E-state index in [-0.39, 0.29) is 41.4 Å². The molecular weight excluding hydrogens is 476 g/mol. The Balaban J connectivity index is 1.42. The summed E-state index contributed by atoms with van der Waals surface area (Å²) in [5.74, 6) is -2.76. The van der Waals surface area contributed by atoms with Crippen LogP contribution in [0.4, 0.5) is 5.69 Å². The summed E-state index contributed by atoms with van der Waals surface area (Å²) in [5, 5.41) is 2.75. The summed E-state index contributed by atoms with van der Waals surface area (Å²) in [5.41, 5.74) is 2.54. The molecule has 8 heteroatoms. The van der Waals surface area contributed by atoms with Crippen LogP contribution in [0.2, 0.25) is 0 Å². The number of nitrogens with one attached hydrogen (secondary N) is 1. The molecule has 1 heterocycles. The van der Waals surface area contributed by atoms with Gasteiger partial charge in [0, 0.05) is 10.2 Å². The number of carbonyl (C=O) groups is 4. The summed E-state index contributed by atoms with van der Waals surface area (Å²) >= 11 is 3.45. The Kier molecular flexibility index (Phi) is 6.00. The maximum atomic E-state index is 13.1. The number of likely N-dealkylation sites (tertiary alicyclic amines) is 1. The topological polar surface area (TPSA) is 92.8 Å². The number of esters is 1. The van der Waals surface area contributed by atoms with E-state index in [4.69, 9.17) is 4.74 Å². The zero-order valence-electron chi connectivity index (χ0n) is 18.6. The molecular formula is C24H27BrN2O5. The molecule has 170 valence electrons. The van der Waals surface area contributed by atoms with Crippen molar-refractivity contribution in [1.29, 1.82) is 0 Å². The summed E-state index contributed by atoms with van der Waals surface area (Å²) in [6.07, 6.45) is 4.85. The van der Waals surface area contributed by atoms with Gasteiger partial charge in [-0.15, -0.1) is 0 Å². The first kappa shape index (κ1) is 22.7. The van der Waals surface area contributed by atoms with Gasteiger partial charge in [0.05, 0.1) is 11.8 Å². The second kappa shape index (κ2) is 8.46. The van der Waals surface area contributed by atoms with Crippen LogP contribution in [0.3, 0.4) is 0 Å². The van der Waals surface area contributed by atoms with Gasteiger partial charge in [0.2, 0.25) is 11.8 Å². The van der Waals surface area contributed by atoms with E-state index in [0.29, 0.717) is 5.69 Å². The molecule has 1 aliphatic heterocycles. The van der Waals surface area contributed by atoms with Crippen LogP contribution in [-0.4, -0.2) is 41.2 Å². The molecule has 2 fully saturated rings. The van der Waals surface area contributed by atoms with Crippen molar-refractivity contribution in [2.45, 2.75) is 40.2 Å². The standard InChI is InChI=1S/C24H27BrN2O5/c1-11(2)21(27-22(29)19-14-5-6-15(9-14)20(19)23(27)30)24(31)32-10-18(28)26-17-8-7-16(25)12(3)13(17)4/h5-8,11,14-15,19-21H,9-10H2,1-4H3,(H,26,28)/t14-,15-,19-,20-,21-/m0/s1. The third kappa shape index (κ3) is 3.68. The lowest BCUT2D eigenvalue weighted by atomic mass is 9.85. The molecule has 4 rings (SSSR count). The fourth-order valence-electron chi connectivity index (χ4n) is 5.21. The molecule has 1 saturated heterocycles. The van der Waals surface area contributed by atoms with Gasteiger partial charge in [-0.05, 0) is 61.3 Å². The molecule has 3 aliphatic rings. The zero-order chi connectivity index (χ0) is 23.3. The SMILES string of the molecule is Cc1c(Br)ccc(NC(=O)COC(=O)[C@H](C(C)C)N2C(=O)[C@@H]3[C@@H](C2=O)[C@H]2C=C[C@H]3C2)c1C. The van der Waals surface area contributed by atoms with Crippen LogP contribution in [-0.2, 0) is 23.9 Å². The Hall–Kier alpha value is -2.48. The van der Waals surface area contributed by atoms with Crippen LogP contribution in [0.15, 0.2) is 28.8 Å². The average Bonchev–Trinajstić information content (AvgIpc) is 3.42. The van der Waals surface area contributed by atoms with E-state index in [1.54, 1.807) is 19.9 Å². The molecule has 0 radical (unpaired) electrons. The Morgan fingerprint density at radius 3 is 2.25 bits per heavy atom. The quantitative estimate of drug-likeness (QED) is 0.365. The second-order valence-electron chi connectivity index (χ2n) is 9.24. The average molecular weight is 503 g/mol. The minimum Gasteiger partial charge on any atom is -0.454 e. The number of fused-ring (bicyclic) bond motifs is 5. The normalized spacial score (nSPS) is 26.6. The van der Waals surface area contributed by atoms with Gasteiger partial charge in [-0.3, -0.25) is 19.3 Å². The molecule has 1 N–H and O–H groups in total. The number of halogens is 1. The summed E-state index contributed by atoms with van der Waals surface area (Å²) in [7, 11) is 0. The first-order chi connectivity index (χ1) is 15.1. The molecule has 32 heavy (non-hydrogen) atoms. The lowest BCUT2D eigenvalue weighted by Crippen LogP contribution is -2.50. The number of hydrogen-bond donors (Lipinski definition) is 1. The molecule has 0 unspecified atom stereocenters. The number of imide groups is 1. The third-order valence-electron chi connectivity index (χ3n) is 7.00. The van der Waals surface area contributed by atoms with Crippen molar-refractivity contribution in [2.24, 2.45) is 29.6 Å². The van der Waals surface area contributed by atoms with Crippen LogP contribution in [0, 0.1) is 43.4 Å². The molecule has 5 atom stereocenters.